The monoisotopic (exact) mass is 304 g/mol. The molecule has 0 aliphatic rings. The number of halogens is 1. The number of hydrogen-bond acceptors (Lipinski definition) is 3. The number of hydrogen-bond donors (Lipinski definition) is 0. The van der Waals surface area contributed by atoms with Gasteiger partial charge in [0.1, 0.15) is 11.0 Å². The van der Waals surface area contributed by atoms with Crippen molar-refractivity contribution in [3.8, 4) is 0 Å². The van der Waals surface area contributed by atoms with E-state index in [1.54, 1.807) is 0 Å². The summed E-state index contributed by atoms with van der Waals surface area (Å²) in [5.74, 6) is 0. The Labute approximate surface area is 94.8 Å². The van der Waals surface area contributed by atoms with Gasteiger partial charge in [0.25, 0.3) is 0 Å². The zero-order chi connectivity index (χ0) is 9.59. The van der Waals surface area contributed by atoms with Gasteiger partial charge in [0.15, 0.2) is 0 Å². The molecule has 13 heavy (non-hydrogen) atoms. The molecule has 2 nitrogen and oxygen atoms in total. The minimum absolute atomic E-state index is 1.06. The van der Waals surface area contributed by atoms with Gasteiger partial charge in [0.05, 0.1) is 11.7 Å². The number of fused-ring (bicyclic) bond motifs is 1. The number of aryl methyl sites for hydroxylation is 1. The van der Waals surface area contributed by atoms with Gasteiger partial charge in [-0.2, -0.15) is 8.75 Å². The van der Waals surface area contributed by atoms with Crippen LogP contribution in [0, 0.1) is 24.3 Å². The molecule has 0 fully saturated rings. The van der Waals surface area contributed by atoms with Crippen LogP contribution in [0.5, 0.6) is 0 Å². The van der Waals surface area contributed by atoms with E-state index >= 15 is 0 Å². The molecule has 0 aliphatic carbocycles. The molecule has 0 radical (unpaired) electrons. The van der Waals surface area contributed by atoms with Crippen LogP contribution < -0.4 is 0 Å². The van der Waals surface area contributed by atoms with Crippen molar-refractivity contribution in [2.45, 2.75) is 20.8 Å². The van der Waals surface area contributed by atoms with Gasteiger partial charge in [-0.25, -0.2) is 0 Å². The van der Waals surface area contributed by atoms with E-state index in [1.807, 2.05) is 0 Å². The molecule has 1 aromatic heterocycles. The molecule has 4 heteroatoms. The number of aromatic nitrogens is 2. The van der Waals surface area contributed by atoms with E-state index in [2.05, 4.69) is 52.1 Å². The Hall–Kier alpha value is -0.230. The summed E-state index contributed by atoms with van der Waals surface area (Å²) in [6.07, 6.45) is 0. The first-order chi connectivity index (χ1) is 6.13. The van der Waals surface area contributed by atoms with E-state index in [0.717, 1.165) is 11.0 Å². The molecule has 0 saturated heterocycles. The van der Waals surface area contributed by atoms with Crippen LogP contribution in [0.25, 0.3) is 11.0 Å². The van der Waals surface area contributed by atoms with Crippen molar-refractivity contribution >= 4 is 45.4 Å². The van der Waals surface area contributed by atoms with Crippen molar-refractivity contribution in [3.05, 3.63) is 20.3 Å². The van der Waals surface area contributed by atoms with Crippen molar-refractivity contribution < 1.29 is 0 Å². The van der Waals surface area contributed by atoms with Crippen LogP contribution in [-0.4, -0.2) is 8.75 Å². The Balaban J connectivity index is 3.02. The minimum atomic E-state index is 1.06. The van der Waals surface area contributed by atoms with Gasteiger partial charge >= 0.3 is 0 Å². The second-order valence-electron chi connectivity index (χ2n) is 3.15. The fraction of sp³-hybridized carbons (Fsp3) is 0.333. The molecule has 2 aromatic rings. The smallest absolute Gasteiger partial charge is 0.118 e. The van der Waals surface area contributed by atoms with Gasteiger partial charge in [-0.05, 0) is 60.1 Å². The number of benzene rings is 1. The molecule has 0 bridgehead atoms. The average Bonchev–Trinajstić information content (AvgIpc) is 2.59. The first kappa shape index (κ1) is 9.33. The third-order valence-corrected chi connectivity index (χ3v) is 4.35. The largest absolute Gasteiger partial charge is 0.173 e. The number of rotatable bonds is 0. The molecule has 0 spiro atoms. The summed E-state index contributed by atoms with van der Waals surface area (Å²) in [5.41, 5.74) is 6.06. The summed E-state index contributed by atoms with van der Waals surface area (Å²) < 4.78 is 9.85. The van der Waals surface area contributed by atoms with E-state index in [9.17, 15) is 0 Å². The van der Waals surface area contributed by atoms with Crippen molar-refractivity contribution in [3.63, 3.8) is 0 Å². The van der Waals surface area contributed by atoms with Crippen molar-refractivity contribution in [2.75, 3.05) is 0 Å². The minimum Gasteiger partial charge on any atom is -0.173 e. The molecule has 0 amide bonds. The molecule has 2 rings (SSSR count). The summed E-state index contributed by atoms with van der Waals surface area (Å²) in [7, 11) is 0. The van der Waals surface area contributed by atoms with E-state index in [1.165, 1.54) is 32.0 Å². The highest BCUT2D eigenvalue weighted by atomic mass is 127. The summed E-state index contributed by atoms with van der Waals surface area (Å²) in [6, 6.07) is 0. The van der Waals surface area contributed by atoms with Gasteiger partial charge in [-0.3, -0.25) is 0 Å². The lowest BCUT2D eigenvalue weighted by atomic mass is 10.0. The van der Waals surface area contributed by atoms with Gasteiger partial charge in [-0.1, -0.05) is 0 Å². The lowest BCUT2D eigenvalue weighted by molar-refractivity contribution is 1.27. The van der Waals surface area contributed by atoms with Crippen molar-refractivity contribution in [1.29, 1.82) is 0 Å². The quantitative estimate of drug-likeness (QED) is 0.698. The topological polar surface area (TPSA) is 25.8 Å². The molecule has 1 aromatic carbocycles. The summed E-state index contributed by atoms with van der Waals surface area (Å²) in [5, 5.41) is 0. The normalized spacial score (nSPS) is 11.1. The first-order valence-electron chi connectivity index (χ1n) is 4.00. The average molecular weight is 304 g/mol. The molecular weight excluding hydrogens is 295 g/mol. The predicted molar refractivity (Wildman–Crippen MR) is 64.3 cm³/mol. The maximum Gasteiger partial charge on any atom is 0.118 e. The second-order valence-corrected chi connectivity index (χ2v) is 4.76. The zero-order valence-corrected chi connectivity index (χ0v) is 10.7. The summed E-state index contributed by atoms with van der Waals surface area (Å²) >= 11 is 3.64. The van der Waals surface area contributed by atoms with E-state index in [-0.39, 0.29) is 0 Å². The lowest BCUT2D eigenvalue weighted by Crippen LogP contribution is -1.92. The Morgan fingerprint density at radius 1 is 0.923 bits per heavy atom. The standard InChI is InChI=1S/C9H9IN2S/c1-4-5(2)7(10)9-8(6(4)3)11-13-12-9/h1-3H3. The highest BCUT2D eigenvalue weighted by Gasteiger charge is 2.12. The molecule has 0 aliphatic heterocycles. The predicted octanol–water partition coefficient (Wildman–Crippen LogP) is 3.22. The SMILES string of the molecule is Cc1c(C)c(I)c2nsnc2c1C. The second kappa shape index (κ2) is 3.16. The first-order valence-corrected chi connectivity index (χ1v) is 5.81. The molecule has 68 valence electrons. The van der Waals surface area contributed by atoms with Gasteiger partial charge in [-0.15, -0.1) is 0 Å². The van der Waals surface area contributed by atoms with E-state index in [0.29, 0.717) is 0 Å². The highest BCUT2D eigenvalue weighted by molar-refractivity contribution is 14.1. The Morgan fingerprint density at radius 2 is 1.54 bits per heavy atom. The third kappa shape index (κ3) is 1.27. The Bertz CT molecular complexity index is 434. The molecule has 0 atom stereocenters. The summed E-state index contributed by atoms with van der Waals surface area (Å²) in [4.78, 5) is 0. The molecular formula is C9H9IN2S. The van der Waals surface area contributed by atoms with Crippen LogP contribution in [0.15, 0.2) is 0 Å². The molecule has 0 N–H and O–H groups in total. The molecule has 0 unspecified atom stereocenters. The zero-order valence-electron chi connectivity index (χ0n) is 7.68. The summed E-state index contributed by atoms with van der Waals surface area (Å²) in [6.45, 7) is 6.40. The Kier molecular flexibility index (Phi) is 2.27. The van der Waals surface area contributed by atoms with Crippen molar-refractivity contribution in [2.24, 2.45) is 0 Å². The van der Waals surface area contributed by atoms with Gasteiger partial charge in [0.2, 0.25) is 0 Å². The van der Waals surface area contributed by atoms with E-state index < -0.39 is 0 Å². The number of nitrogens with zero attached hydrogens (tertiary/aromatic N) is 2. The lowest BCUT2D eigenvalue weighted by Gasteiger charge is -2.07. The molecule has 1 heterocycles. The maximum atomic E-state index is 4.31. The van der Waals surface area contributed by atoms with E-state index in [4.69, 9.17) is 0 Å². The highest BCUT2D eigenvalue weighted by Crippen LogP contribution is 2.28. The fourth-order valence-electron chi connectivity index (χ4n) is 1.38. The molecule has 0 saturated carbocycles. The third-order valence-electron chi connectivity index (χ3n) is 2.51. The van der Waals surface area contributed by atoms with Crippen LogP contribution in [0.3, 0.4) is 0 Å². The van der Waals surface area contributed by atoms with Gasteiger partial charge in [0, 0.05) is 3.57 Å². The maximum absolute atomic E-state index is 4.31. The van der Waals surface area contributed by atoms with Crippen LogP contribution in [-0.2, 0) is 0 Å². The fourth-order valence-corrected chi connectivity index (χ4v) is 2.93. The van der Waals surface area contributed by atoms with Crippen LogP contribution in [0.4, 0.5) is 0 Å². The van der Waals surface area contributed by atoms with Crippen LogP contribution >= 0.6 is 34.3 Å². The Morgan fingerprint density at radius 3 is 2.23 bits per heavy atom. The van der Waals surface area contributed by atoms with Gasteiger partial charge < -0.3 is 0 Å². The van der Waals surface area contributed by atoms with Crippen LogP contribution in [0.2, 0.25) is 0 Å². The van der Waals surface area contributed by atoms with Crippen LogP contribution in [0.1, 0.15) is 16.7 Å². The van der Waals surface area contributed by atoms with Crippen molar-refractivity contribution in [1.82, 2.24) is 8.75 Å².